The highest BCUT2D eigenvalue weighted by Gasteiger charge is 2.26. The first-order chi connectivity index (χ1) is 17.5. The molecule has 1 N–H and O–H groups in total. The van der Waals surface area contributed by atoms with Crippen molar-refractivity contribution >= 4 is 10.9 Å². The van der Waals surface area contributed by atoms with E-state index in [0.29, 0.717) is 25.2 Å². The number of rotatable bonds is 9. The second-order valence-corrected chi connectivity index (χ2v) is 9.11. The standard InChI is InChI=1S/C27H29N7O2/c1-4-25(26-30-31-32-34(26)17-23-8-6-10-36-23)33(15-20-7-5-9-28-14-20)16-22-13-21-11-18(2)19(3)12-24(21)29-27(22)35/h5-14,25H,4,15-17H2,1-3H3,(H,29,35)/t25-/m1/s1. The molecule has 9 heteroatoms. The molecule has 184 valence electrons. The van der Waals surface area contributed by atoms with Crippen LogP contribution in [0, 0.1) is 13.8 Å². The molecule has 5 aromatic rings. The average Bonchev–Trinajstić information content (AvgIpc) is 3.55. The van der Waals surface area contributed by atoms with Crippen molar-refractivity contribution in [3.8, 4) is 0 Å². The molecule has 4 heterocycles. The first-order valence-electron chi connectivity index (χ1n) is 12.1. The van der Waals surface area contributed by atoms with Gasteiger partial charge in [-0.05, 0) is 89.2 Å². The SMILES string of the molecule is CC[C@H](c1nnnn1Cc1ccco1)N(Cc1cccnc1)Cc1cc2cc(C)c(C)cc2[nH]c1=O. The molecule has 0 fully saturated rings. The summed E-state index contributed by atoms with van der Waals surface area (Å²) in [7, 11) is 0. The minimum absolute atomic E-state index is 0.0908. The van der Waals surface area contributed by atoms with Gasteiger partial charge in [0.15, 0.2) is 5.82 Å². The fraction of sp³-hybridized carbons (Fsp3) is 0.296. The van der Waals surface area contributed by atoms with E-state index in [9.17, 15) is 4.79 Å². The van der Waals surface area contributed by atoms with Gasteiger partial charge in [-0.1, -0.05) is 13.0 Å². The van der Waals surface area contributed by atoms with E-state index in [2.05, 4.69) is 57.2 Å². The van der Waals surface area contributed by atoms with E-state index in [-0.39, 0.29) is 11.6 Å². The zero-order valence-corrected chi connectivity index (χ0v) is 20.7. The van der Waals surface area contributed by atoms with Crippen LogP contribution in [-0.2, 0) is 19.6 Å². The number of aromatic amines is 1. The number of nitrogens with zero attached hydrogens (tertiary/aromatic N) is 6. The summed E-state index contributed by atoms with van der Waals surface area (Å²) in [4.78, 5) is 22.7. The highest BCUT2D eigenvalue weighted by Crippen LogP contribution is 2.27. The summed E-state index contributed by atoms with van der Waals surface area (Å²) in [5.74, 6) is 1.50. The third-order valence-electron chi connectivity index (χ3n) is 6.59. The number of nitrogens with one attached hydrogen (secondary N) is 1. The molecular weight excluding hydrogens is 454 g/mol. The highest BCUT2D eigenvalue weighted by atomic mass is 16.3. The molecule has 0 radical (unpaired) electrons. The predicted molar refractivity (Wildman–Crippen MR) is 136 cm³/mol. The van der Waals surface area contributed by atoms with Crippen molar-refractivity contribution in [2.24, 2.45) is 0 Å². The van der Waals surface area contributed by atoms with Crippen molar-refractivity contribution in [2.45, 2.75) is 52.9 Å². The zero-order valence-electron chi connectivity index (χ0n) is 20.7. The predicted octanol–water partition coefficient (Wildman–Crippen LogP) is 4.32. The quantitative estimate of drug-likeness (QED) is 0.333. The van der Waals surface area contributed by atoms with Gasteiger partial charge in [0.25, 0.3) is 5.56 Å². The minimum atomic E-state index is -0.134. The van der Waals surface area contributed by atoms with Gasteiger partial charge < -0.3 is 9.40 Å². The Labute approximate surface area is 208 Å². The Bertz CT molecular complexity index is 1510. The minimum Gasteiger partial charge on any atom is -0.467 e. The Morgan fingerprint density at radius 3 is 2.72 bits per heavy atom. The van der Waals surface area contributed by atoms with Crippen molar-refractivity contribution in [3.63, 3.8) is 0 Å². The van der Waals surface area contributed by atoms with Crippen LogP contribution in [0.25, 0.3) is 10.9 Å². The largest absolute Gasteiger partial charge is 0.467 e. The molecule has 36 heavy (non-hydrogen) atoms. The molecule has 0 aliphatic carbocycles. The molecule has 5 rings (SSSR count). The molecule has 1 atom stereocenters. The van der Waals surface area contributed by atoms with E-state index in [1.807, 2.05) is 42.6 Å². The molecule has 0 unspecified atom stereocenters. The van der Waals surface area contributed by atoms with Gasteiger partial charge in [0.05, 0.1) is 12.3 Å². The van der Waals surface area contributed by atoms with Crippen LogP contribution in [0.2, 0.25) is 0 Å². The third-order valence-corrected chi connectivity index (χ3v) is 6.59. The lowest BCUT2D eigenvalue weighted by Crippen LogP contribution is -2.32. The number of hydrogen-bond donors (Lipinski definition) is 1. The normalized spacial score (nSPS) is 12.4. The van der Waals surface area contributed by atoms with Crippen molar-refractivity contribution in [3.05, 3.63) is 105 Å². The van der Waals surface area contributed by atoms with Crippen LogP contribution >= 0.6 is 0 Å². The highest BCUT2D eigenvalue weighted by molar-refractivity contribution is 5.80. The lowest BCUT2D eigenvalue weighted by molar-refractivity contribution is 0.160. The number of tetrazole rings is 1. The Morgan fingerprint density at radius 1 is 1.11 bits per heavy atom. The molecule has 0 aliphatic rings. The molecule has 1 aromatic carbocycles. The number of H-pyrrole nitrogens is 1. The second-order valence-electron chi connectivity index (χ2n) is 9.11. The summed E-state index contributed by atoms with van der Waals surface area (Å²) >= 11 is 0. The Kier molecular flexibility index (Phi) is 6.73. The smallest absolute Gasteiger partial charge is 0.252 e. The first kappa shape index (κ1) is 23.6. The Morgan fingerprint density at radius 2 is 1.97 bits per heavy atom. The number of aryl methyl sites for hydroxylation is 2. The summed E-state index contributed by atoms with van der Waals surface area (Å²) in [5.41, 5.74) is 4.84. The average molecular weight is 484 g/mol. The summed E-state index contributed by atoms with van der Waals surface area (Å²) in [5, 5.41) is 13.6. The van der Waals surface area contributed by atoms with E-state index in [1.54, 1.807) is 17.1 Å². The lowest BCUT2D eigenvalue weighted by atomic mass is 10.0. The van der Waals surface area contributed by atoms with Crippen molar-refractivity contribution in [1.82, 2.24) is 35.1 Å². The van der Waals surface area contributed by atoms with Crippen LogP contribution in [0.5, 0.6) is 0 Å². The van der Waals surface area contributed by atoms with E-state index >= 15 is 0 Å². The maximum atomic E-state index is 13.1. The van der Waals surface area contributed by atoms with Gasteiger partial charge in [-0.25, -0.2) is 4.68 Å². The third kappa shape index (κ3) is 4.96. The summed E-state index contributed by atoms with van der Waals surface area (Å²) in [6.45, 7) is 7.69. The van der Waals surface area contributed by atoms with E-state index in [0.717, 1.165) is 40.0 Å². The number of hydrogen-bond acceptors (Lipinski definition) is 7. The van der Waals surface area contributed by atoms with Gasteiger partial charge in [-0.15, -0.1) is 5.10 Å². The molecule has 0 bridgehead atoms. The van der Waals surface area contributed by atoms with E-state index < -0.39 is 0 Å². The number of fused-ring (bicyclic) bond motifs is 1. The molecule has 4 aromatic heterocycles. The van der Waals surface area contributed by atoms with Crippen LogP contribution in [0.1, 0.15) is 53.2 Å². The molecule has 0 saturated carbocycles. The van der Waals surface area contributed by atoms with Crippen molar-refractivity contribution in [1.29, 1.82) is 0 Å². The van der Waals surface area contributed by atoms with E-state index in [1.165, 1.54) is 5.56 Å². The molecule has 0 spiro atoms. The van der Waals surface area contributed by atoms with Gasteiger partial charge >= 0.3 is 0 Å². The lowest BCUT2D eigenvalue weighted by Gasteiger charge is -2.30. The Hall–Kier alpha value is -4.11. The van der Waals surface area contributed by atoms with Gasteiger partial charge in [0.1, 0.15) is 12.3 Å². The number of furan rings is 1. The van der Waals surface area contributed by atoms with Crippen LogP contribution in [0.15, 0.2) is 70.3 Å². The summed E-state index contributed by atoms with van der Waals surface area (Å²) < 4.78 is 7.28. The van der Waals surface area contributed by atoms with Crippen LogP contribution in [0.4, 0.5) is 0 Å². The van der Waals surface area contributed by atoms with Gasteiger partial charge in [-0.2, -0.15) is 0 Å². The van der Waals surface area contributed by atoms with Gasteiger partial charge in [0, 0.05) is 36.6 Å². The zero-order chi connectivity index (χ0) is 25.1. The van der Waals surface area contributed by atoms with Crippen molar-refractivity contribution < 1.29 is 4.42 Å². The monoisotopic (exact) mass is 483 g/mol. The van der Waals surface area contributed by atoms with Crippen LogP contribution < -0.4 is 5.56 Å². The second kappa shape index (κ2) is 10.2. The first-order valence-corrected chi connectivity index (χ1v) is 12.1. The van der Waals surface area contributed by atoms with Crippen LogP contribution in [-0.4, -0.2) is 35.1 Å². The summed E-state index contributed by atoms with van der Waals surface area (Å²) in [6.07, 6.45) is 6.00. The topological polar surface area (TPSA) is 106 Å². The summed E-state index contributed by atoms with van der Waals surface area (Å²) in [6, 6.07) is 13.7. The fourth-order valence-electron chi connectivity index (χ4n) is 4.58. The number of aromatic nitrogens is 6. The molecule has 0 amide bonds. The number of pyridine rings is 2. The van der Waals surface area contributed by atoms with E-state index in [4.69, 9.17) is 4.42 Å². The van der Waals surface area contributed by atoms with Gasteiger partial charge in [0.2, 0.25) is 0 Å². The van der Waals surface area contributed by atoms with Gasteiger partial charge in [-0.3, -0.25) is 14.7 Å². The molecule has 0 aliphatic heterocycles. The van der Waals surface area contributed by atoms with Crippen molar-refractivity contribution in [2.75, 3.05) is 0 Å². The Balaban J connectivity index is 1.53. The fourth-order valence-corrected chi connectivity index (χ4v) is 4.58. The molecule has 0 saturated heterocycles. The molecular formula is C27H29N7O2. The maximum absolute atomic E-state index is 13.1. The maximum Gasteiger partial charge on any atom is 0.252 e. The molecule has 9 nitrogen and oxygen atoms in total. The number of benzene rings is 1. The van der Waals surface area contributed by atoms with Crippen LogP contribution in [0.3, 0.4) is 0 Å².